The third-order valence-electron chi connectivity index (χ3n) is 2.41. The zero-order valence-electron chi connectivity index (χ0n) is 10.1. The van der Waals surface area contributed by atoms with Crippen molar-refractivity contribution in [3.63, 3.8) is 0 Å². The topological polar surface area (TPSA) is 132 Å². The van der Waals surface area contributed by atoms with E-state index in [-0.39, 0.29) is 10.4 Å². The van der Waals surface area contributed by atoms with Crippen LogP contribution >= 0.6 is 11.3 Å². The molecule has 0 aliphatic heterocycles. The fourth-order valence-corrected chi connectivity index (χ4v) is 2.42. The van der Waals surface area contributed by atoms with Gasteiger partial charge in [0.1, 0.15) is 10.4 Å². The molecular formula is C11H9N3O5S. The van der Waals surface area contributed by atoms with Gasteiger partial charge in [-0.1, -0.05) is 0 Å². The molecule has 0 fully saturated rings. The summed E-state index contributed by atoms with van der Waals surface area (Å²) in [4.78, 5) is 49.2. The smallest absolute Gasteiger partial charge is 0.346 e. The molecule has 0 aromatic carbocycles. The largest absolute Gasteiger partial charge is 0.477 e. The summed E-state index contributed by atoms with van der Waals surface area (Å²) in [5.74, 6) is -1.82. The van der Waals surface area contributed by atoms with Crippen LogP contribution in [0.15, 0.2) is 21.9 Å². The normalized spacial score (nSPS) is 10.2. The molecule has 104 valence electrons. The van der Waals surface area contributed by atoms with E-state index in [1.807, 2.05) is 4.98 Å². The molecule has 1 amide bonds. The lowest BCUT2D eigenvalue weighted by Crippen LogP contribution is -2.29. The summed E-state index contributed by atoms with van der Waals surface area (Å²) in [6.07, 6.45) is 0.995. The third-order valence-corrected chi connectivity index (χ3v) is 3.55. The Bertz CT molecular complexity index is 801. The average molecular weight is 295 g/mol. The van der Waals surface area contributed by atoms with E-state index in [1.54, 1.807) is 6.92 Å². The number of carboxylic acids is 1. The van der Waals surface area contributed by atoms with E-state index in [0.717, 1.165) is 17.5 Å². The highest BCUT2D eigenvalue weighted by Gasteiger charge is 2.16. The highest BCUT2D eigenvalue weighted by molar-refractivity contribution is 7.18. The number of aromatic nitrogens is 2. The first-order chi connectivity index (χ1) is 9.38. The van der Waals surface area contributed by atoms with Gasteiger partial charge in [-0.05, 0) is 18.6 Å². The summed E-state index contributed by atoms with van der Waals surface area (Å²) >= 11 is 0.884. The predicted octanol–water partition coefficient (Wildman–Crippen LogP) is 0.384. The minimum Gasteiger partial charge on any atom is -0.477 e. The van der Waals surface area contributed by atoms with Crippen molar-refractivity contribution in [3.05, 3.63) is 49.1 Å². The number of hydrogen-bond acceptors (Lipinski definition) is 5. The number of amides is 1. The predicted molar refractivity (Wildman–Crippen MR) is 71.7 cm³/mol. The summed E-state index contributed by atoms with van der Waals surface area (Å²) < 4.78 is 0. The van der Waals surface area contributed by atoms with Gasteiger partial charge < -0.3 is 15.4 Å². The number of carbonyl (C=O) groups is 2. The zero-order chi connectivity index (χ0) is 14.9. The van der Waals surface area contributed by atoms with E-state index in [1.165, 1.54) is 6.07 Å². The molecule has 0 aliphatic rings. The van der Waals surface area contributed by atoms with E-state index < -0.39 is 23.1 Å². The van der Waals surface area contributed by atoms with Gasteiger partial charge >= 0.3 is 11.7 Å². The highest BCUT2D eigenvalue weighted by atomic mass is 32.1. The van der Waals surface area contributed by atoms with Crippen molar-refractivity contribution in [2.75, 3.05) is 5.32 Å². The first kappa shape index (κ1) is 13.7. The fourth-order valence-electron chi connectivity index (χ4n) is 1.51. The number of H-pyrrole nitrogens is 2. The second kappa shape index (κ2) is 5.13. The van der Waals surface area contributed by atoms with Gasteiger partial charge in [-0.25, -0.2) is 9.59 Å². The second-order valence-electron chi connectivity index (χ2n) is 3.87. The molecule has 0 atom stereocenters. The number of carbonyl (C=O) groups excluding carboxylic acids is 1. The first-order valence-corrected chi connectivity index (χ1v) is 6.17. The number of hydrogen-bond donors (Lipinski definition) is 4. The van der Waals surface area contributed by atoms with E-state index in [2.05, 4.69) is 10.3 Å². The van der Waals surface area contributed by atoms with Crippen LogP contribution < -0.4 is 16.6 Å². The molecule has 0 bridgehead atoms. The number of carboxylic acid groups (broad SMARTS) is 1. The number of anilines is 1. The Kier molecular flexibility index (Phi) is 3.53. The Hall–Kier alpha value is -2.68. The monoisotopic (exact) mass is 295 g/mol. The minimum atomic E-state index is -1.09. The lowest BCUT2D eigenvalue weighted by molar-refractivity contribution is 0.0701. The molecule has 0 aliphatic carbocycles. The SMILES string of the molecule is Cc1cc(NC(=O)c2c[nH]c(=O)[nH]c2=O)sc1C(=O)O. The van der Waals surface area contributed by atoms with Crippen LogP contribution in [0.3, 0.4) is 0 Å². The highest BCUT2D eigenvalue weighted by Crippen LogP contribution is 2.26. The van der Waals surface area contributed by atoms with Gasteiger partial charge in [0, 0.05) is 6.20 Å². The van der Waals surface area contributed by atoms with Gasteiger partial charge in [0.05, 0.1) is 5.00 Å². The lowest BCUT2D eigenvalue weighted by Gasteiger charge is -2.00. The molecule has 0 unspecified atom stereocenters. The van der Waals surface area contributed by atoms with Crippen molar-refractivity contribution in [1.82, 2.24) is 9.97 Å². The van der Waals surface area contributed by atoms with Gasteiger partial charge in [0.15, 0.2) is 0 Å². The molecule has 2 rings (SSSR count). The first-order valence-electron chi connectivity index (χ1n) is 5.35. The van der Waals surface area contributed by atoms with Gasteiger partial charge in [-0.3, -0.25) is 14.6 Å². The molecule has 9 heteroatoms. The molecule has 8 nitrogen and oxygen atoms in total. The van der Waals surface area contributed by atoms with Crippen molar-refractivity contribution >= 4 is 28.2 Å². The van der Waals surface area contributed by atoms with E-state index in [9.17, 15) is 19.2 Å². The van der Waals surface area contributed by atoms with Crippen molar-refractivity contribution in [2.45, 2.75) is 6.92 Å². The van der Waals surface area contributed by atoms with Crippen LogP contribution in [-0.4, -0.2) is 27.0 Å². The minimum absolute atomic E-state index is 0.107. The van der Waals surface area contributed by atoms with E-state index >= 15 is 0 Å². The molecule has 2 aromatic rings. The van der Waals surface area contributed by atoms with Crippen LogP contribution in [0.5, 0.6) is 0 Å². The van der Waals surface area contributed by atoms with Gasteiger partial charge in [-0.2, -0.15) is 0 Å². The van der Waals surface area contributed by atoms with Gasteiger partial charge in [0.2, 0.25) is 0 Å². The number of thiophene rings is 1. The fraction of sp³-hybridized carbons (Fsp3) is 0.0909. The lowest BCUT2D eigenvalue weighted by atomic mass is 10.3. The van der Waals surface area contributed by atoms with Crippen molar-refractivity contribution in [2.24, 2.45) is 0 Å². The standard InChI is InChI=1S/C11H9N3O5S/c1-4-2-6(20-7(4)10(17)18)13-8(15)5-3-12-11(19)14-9(5)16/h2-3H,1H3,(H,13,15)(H,17,18)(H2,12,14,16,19). The third kappa shape index (κ3) is 2.67. The number of aryl methyl sites for hydroxylation is 1. The Morgan fingerprint density at radius 1 is 1.35 bits per heavy atom. The summed E-state index contributed by atoms with van der Waals surface area (Å²) in [6.45, 7) is 1.60. The summed E-state index contributed by atoms with van der Waals surface area (Å²) in [6, 6.07) is 1.49. The number of aromatic carboxylic acids is 1. The maximum absolute atomic E-state index is 11.8. The molecule has 2 aromatic heterocycles. The molecule has 20 heavy (non-hydrogen) atoms. The number of aromatic amines is 2. The molecule has 0 spiro atoms. The summed E-state index contributed by atoms with van der Waals surface area (Å²) in [5, 5.41) is 11.6. The molecule has 0 saturated carbocycles. The molecule has 0 radical (unpaired) electrons. The molecule has 0 saturated heterocycles. The van der Waals surface area contributed by atoms with Crippen LogP contribution in [-0.2, 0) is 0 Å². The van der Waals surface area contributed by atoms with Gasteiger partial charge in [-0.15, -0.1) is 11.3 Å². The van der Waals surface area contributed by atoms with Gasteiger partial charge in [0.25, 0.3) is 11.5 Å². The average Bonchev–Trinajstić information content (AvgIpc) is 2.70. The van der Waals surface area contributed by atoms with Crippen molar-refractivity contribution in [3.8, 4) is 0 Å². The maximum Gasteiger partial charge on any atom is 0.346 e. The van der Waals surface area contributed by atoms with Crippen LogP contribution in [0.25, 0.3) is 0 Å². The van der Waals surface area contributed by atoms with E-state index in [0.29, 0.717) is 10.6 Å². The summed E-state index contributed by atoms with van der Waals surface area (Å²) in [5.41, 5.74) is -1.30. The van der Waals surface area contributed by atoms with Crippen LogP contribution in [0.1, 0.15) is 25.6 Å². The van der Waals surface area contributed by atoms with Crippen molar-refractivity contribution in [1.29, 1.82) is 0 Å². The Labute approximate surface area is 115 Å². The Morgan fingerprint density at radius 2 is 2.05 bits per heavy atom. The second-order valence-corrected chi connectivity index (χ2v) is 4.92. The molecule has 2 heterocycles. The summed E-state index contributed by atoms with van der Waals surface area (Å²) in [7, 11) is 0. The van der Waals surface area contributed by atoms with Crippen LogP contribution in [0, 0.1) is 6.92 Å². The molecule has 4 N–H and O–H groups in total. The number of rotatable bonds is 3. The number of nitrogens with one attached hydrogen (secondary N) is 3. The quantitative estimate of drug-likeness (QED) is 0.650. The Morgan fingerprint density at radius 3 is 2.60 bits per heavy atom. The maximum atomic E-state index is 11.8. The zero-order valence-corrected chi connectivity index (χ0v) is 11.0. The Balaban J connectivity index is 2.28. The van der Waals surface area contributed by atoms with Crippen LogP contribution in [0.2, 0.25) is 0 Å². The molecular weight excluding hydrogens is 286 g/mol. The van der Waals surface area contributed by atoms with E-state index in [4.69, 9.17) is 5.11 Å². The van der Waals surface area contributed by atoms with Crippen molar-refractivity contribution < 1.29 is 14.7 Å². The van der Waals surface area contributed by atoms with Crippen LogP contribution in [0.4, 0.5) is 5.00 Å².